The van der Waals surface area contributed by atoms with Gasteiger partial charge in [-0.3, -0.25) is 0 Å². The zero-order valence-electron chi connectivity index (χ0n) is 8.54. The molecule has 2 N–H and O–H groups in total. The molecule has 0 saturated carbocycles. The average Bonchev–Trinajstić information content (AvgIpc) is 2.19. The van der Waals surface area contributed by atoms with Gasteiger partial charge in [-0.1, -0.05) is 0 Å². The molecule has 1 aliphatic heterocycles. The lowest BCUT2D eigenvalue weighted by Gasteiger charge is -2.24. The summed E-state index contributed by atoms with van der Waals surface area (Å²) in [6.07, 6.45) is 3.00. The van der Waals surface area contributed by atoms with E-state index in [9.17, 15) is 0 Å². The number of rotatable bonds is 1. The molecule has 0 unspecified atom stereocenters. The van der Waals surface area contributed by atoms with Crippen molar-refractivity contribution in [1.82, 2.24) is 0 Å². The zero-order chi connectivity index (χ0) is 10.1. The molecule has 76 valence electrons. The highest BCUT2D eigenvalue weighted by Gasteiger charge is 2.19. The van der Waals surface area contributed by atoms with E-state index in [1.807, 2.05) is 0 Å². The maximum absolute atomic E-state index is 6.02. The summed E-state index contributed by atoms with van der Waals surface area (Å²) in [7, 11) is 0. The average molecular weight is 209 g/mol. The van der Waals surface area contributed by atoms with E-state index in [-0.39, 0.29) is 6.04 Å². The first-order chi connectivity index (χ1) is 6.72. The number of nitrogens with two attached hydrogens (primary N) is 1. The van der Waals surface area contributed by atoms with Gasteiger partial charge in [0.2, 0.25) is 0 Å². The number of ether oxygens (including phenoxy) is 1. The summed E-state index contributed by atoms with van der Waals surface area (Å²) in [5.41, 5.74) is 8.47. The predicted molar refractivity (Wildman–Crippen MR) is 60.0 cm³/mol. The van der Waals surface area contributed by atoms with Crippen LogP contribution in [-0.2, 0) is 0 Å². The second-order valence-corrected chi connectivity index (χ2v) is 4.45. The van der Waals surface area contributed by atoms with Crippen molar-refractivity contribution in [3.8, 4) is 5.75 Å². The molecule has 2 nitrogen and oxygen atoms in total. The van der Waals surface area contributed by atoms with Gasteiger partial charge in [-0.2, -0.15) is 0 Å². The van der Waals surface area contributed by atoms with Crippen molar-refractivity contribution < 1.29 is 4.74 Å². The van der Waals surface area contributed by atoms with E-state index in [2.05, 4.69) is 25.3 Å². The second kappa shape index (κ2) is 3.83. The van der Waals surface area contributed by atoms with Crippen LogP contribution in [-0.4, -0.2) is 12.9 Å². The van der Waals surface area contributed by atoms with Crippen molar-refractivity contribution in [1.29, 1.82) is 0 Å². The van der Waals surface area contributed by atoms with Crippen LogP contribution in [0.3, 0.4) is 0 Å². The fraction of sp³-hybridized carbons (Fsp3) is 0.455. The van der Waals surface area contributed by atoms with Crippen molar-refractivity contribution in [2.24, 2.45) is 5.73 Å². The first kappa shape index (κ1) is 9.87. The Morgan fingerprint density at radius 2 is 2.29 bits per heavy atom. The summed E-state index contributed by atoms with van der Waals surface area (Å²) < 4.78 is 5.60. The van der Waals surface area contributed by atoms with Crippen LogP contribution in [0.25, 0.3) is 0 Å². The highest BCUT2D eigenvalue weighted by Crippen LogP contribution is 2.35. The summed E-state index contributed by atoms with van der Waals surface area (Å²) in [5, 5.41) is 0. The van der Waals surface area contributed by atoms with Crippen LogP contribution in [0.5, 0.6) is 5.75 Å². The highest BCUT2D eigenvalue weighted by atomic mass is 32.2. The first-order valence-electron chi connectivity index (χ1n) is 4.79. The normalized spacial score (nSPS) is 20.1. The van der Waals surface area contributed by atoms with Crippen LogP contribution < -0.4 is 10.5 Å². The van der Waals surface area contributed by atoms with Gasteiger partial charge in [0.15, 0.2) is 0 Å². The molecule has 3 heteroatoms. The molecule has 1 atom stereocenters. The van der Waals surface area contributed by atoms with Crippen molar-refractivity contribution in [3.05, 3.63) is 23.3 Å². The van der Waals surface area contributed by atoms with Crippen LogP contribution in [0.1, 0.15) is 23.6 Å². The van der Waals surface area contributed by atoms with Crippen LogP contribution in [0.15, 0.2) is 17.0 Å². The summed E-state index contributed by atoms with van der Waals surface area (Å²) in [4.78, 5) is 1.28. The van der Waals surface area contributed by atoms with Crippen molar-refractivity contribution in [2.75, 3.05) is 12.9 Å². The molecule has 14 heavy (non-hydrogen) atoms. The minimum atomic E-state index is 0.147. The van der Waals surface area contributed by atoms with E-state index in [1.165, 1.54) is 10.5 Å². The zero-order valence-corrected chi connectivity index (χ0v) is 9.36. The van der Waals surface area contributed by atoms with Crippen molar-refractivity contribution in [2.45, 2.75) is 24.3 Å². The maximum atomic E-state index is 6.02. The molecule has 2 rings (SSSR count). The first-order valence-corrected chi connectivity index (χ1v) is 6.01. The van der Waals surface area contributed by atoms with Gasteiger partial charge in [0.1, 0.15) is 5.75 Å². The Morgan fingerprint density at radius 3 is 3.00 bits per heavy atom. The molecule has 1 aromatic carbocycles. The Labute approximate surface area is 88.8 Å². The molecule has 0 aromatic heterocycles. The minimum absolute atomic E-state index is 0.147. The number of hydrogen-bond acceptors (Lipinski definition) is 3. The Hall–Kier alpha value is -0.670. The molecule has 1 heterocycles. The molecule has 0 saturated heterocycles. The quantitative estimate of drug-likeness (QED) is 0.722. The molecule has 1 aliphatic rings. The Bertz CT molecular complexity index is 351. The predicted octanol–water partition coefficient (Wildman–Crippen LogP) is 2.50. The molecule has 1 aromatic rings. The summed E-state index contributed by atoms with van der Waals surface area (Å²) in [6, 6.07) is 4.41. The van der Waals surface area contributed by atoms with Gasteiger partial charge in [0.25, 0.3) is 0 Å². The standard InChI is InChI=1S/C11H15NOS/c1-7-5-8-9(12)3-4-13-10(8)6-11(7)14-2/h5-6,9H,3-4,12H2,1-2H3/t9-/m1/s1. The third kappa shape index (κ3) is 1.62. The van der Waals surface area contributed by atoms with Gasteiger partial charge in [0, 0.05) is 22.9 Å². The van der Waals surface area contributed by atoms with E-state index in [1.54, 1.807) is 11.8 Å². The number of fused-ring (bicyclic) bond motifs is 1. The molecular formula is C11H15NOS. The monoisotopic (exact) mass is 209 g/mol. The number of aryl methyl sites for hydroxylation is 1. The lowest BCUT2D eigenvalue weighted by atomic mass is 9.99. The maximum Gasteiger partial charge on any atom is 0.125 e. The van der Waals surface area contributed by atoms with Crippen LogP contribution in [0.2, 0.25) is 0 Å². The second-order valence-electron chi connectivity index (χ2n) is 3.60. The van der Waals surface area contributed by atoms with E-state index in [4.69, 9.17) is 10.5 Å². The smallest absolute Gasteiger partial charge is 0.125 e. The third-order valence-corrected chi connectivity index (χ3v) is 3.49. The van der Waals surface area contributed by atoms with Gasteiger partial charge < -0.3 is 10.5 Å². The number of thioether (sulfide) groups is 1. The summed E-state index contributed by atoms with van der Waals surface area (Å²) in [6.45, 7) is 2.86. The number of benzene rings is 1. The van der Waals surface area contributed by atoms with E-state index in [0.717, 1.165) is 24.3 Å². The lowest BCUT2D eigenvalue weighted by molar-refractivity contribution is 0.268. The van der Waals surface area contributed by atoms with Gasteiger partial charge in [0.05, 0.1) is 6.61 Å². The topological polar surface area (TPSA) is 35.2 Å². The van der Waals surface area contributed by atoms with Crippen LogP contribution in [0.4, 0.5) is 0 Å². The largest absolute Gasteiger partial charge is 0.493 e. The van der Waals surface area contributed by atoms with Gasteiger partial charge in [-0.05, 0) is 30.9 Å². The fourth-order valence-corrected chi connectivity index (χ4v) is 2.38. The summed E-state index contributed by atoms with van der Waals surface area (Å²) in [5.74, 6) is 0.971. The van der Waals surface area contributed by atoms with Gasteiger partial charge in [-0.25, -0.2) is 0 Å². The van der Waals surface area contributed by atoms with Crippen LogP contribution >= 0.6 is 11.8 Å². The highest BCUT2D eigenvalue weighted by molar-refractivity contribution is 7.98. The molecule has 0 amide bonds. The summed E-state index contributed by atoms with van der Waals surface area (Å²) >= 11 is 1.75. The van der Waals surface area contributed by atoms with Gasteiger partial charge >= 0.3 is 0 Å². The van der Waals surface area contributed by atoms with E-state index >= 15 is 0 Å². The molecule has 0 spiro atoms. The Kier molecular flexibility index (Phi) is 2.70. The van der Waals surface area contributed by atoms with Gasteiger partial charge in [-0.15, -0.1) is 11.8 Å². The molecule has 0 bridgehead atoms. The number of hydrogen-bond donors (Lipinski definition) is 1. The van der Waals surface area contributed by atoms with E-state index in [0.29, 0.717) is 0 Å². The molecular weight excluding hydrogens is 194 g/mol. The molecule has 0 radical (unpaired) electrons. The lowest BCUT2D eigenvalue weighted by Crippen LogP contribution is -2.20. The van der Waals surface area contributed by atoms with E-state index < -0.39 is 0 Å². The SMILES string of the molecule is CSc1cc2c(cc1C)[C@H](N)CCO2. The Balaban J connectivity index is 2.48. The Morgan fingerprint density at radius 1 is 1.50 bits per heavy atom. The minimum Gasteiger partial charge on any atom is -0.493 e. The fourth-order valence-electron chi connectivity index (χ4n) is 1.78. The van der Waals surface area contributed by atoms with Crippen LogP contribution in [0, 0.1) is 6.92 Å². The van der Waals surface area contributed by atoms with Crippen molar-refractivity contribution >= 4 is 11.8 Å². The third-order valence-electron chi connectivity index (χ3n) is 2.61. The molecule has 0 aliphatic carbocycles. The van der Waals surface area contributed by atoms with Crippen molar-refractivity contribution in [3.63, 3.8) is 0 Å². The molecule has 0 fully saturated rings.